The molecule has 0 aliphatic heterocycles. The molecule has 0 saturated heterocycles. The second-order valence-electron chi connectivity index (χ2n) is 5.22. The first-order valence-corrected chi connectivity index (χ1v) is 8.11. The zero-order valence-corrected chi connectivity index (χ0v) is 13.8. The van der Waals surface area contributed by atoms with Crippen molar-refractivity contribution < 1.29 is 0 Å². The van der Waals surface area contributed by atoms with Gasteiger partial charge in [0, 0.05) is 21.2 Å². The topological polar surface area (TPSA) is 22.0 Å². The summed E-state index contributed by atoms with van der Waals surface area (Å²) in [4.78, 5) is 12.0. The Hall–Kier alpha value is -2.14. The molecule has 0 radical (unpaired) electrons. The smallest absolute Gasteiger partial charge is 0.189 e. The fourth-order valence-corrected chi connectivity index (χ4v) is 3.55. The van der Waals surface area contributed by atoms with Gasteiger partial charge in [-0.05, 0) is 57.6 Å². The van der Waals surface area contributed by atoms with Gasteiger partial charge >= 0.3 is 0 Å². The molecule has 1 aromatic heterocycles. The lowest BCUT2D eigenvalue weighted by Gasteiger charge is -2.13. The Morgan fingerprint density at radius 3 is 2.32 bits per heavy atom. The highest BCUT2D eigenvalue weighted by atomic mass is 127. The van der Waals surface area contributed by atoms with E-state index >= 15 is 0 Å². The summed E-state index contributed by atoms with van der Waals surface area (Å²) in [7, 11) is 0. The quantitative estimate of drug-likeness (QED) is 0.425. The van der Waals surface area contributed by atoms with Gasteiger partial charge in [-0.3, -0.25) is 4.79 Å². The number of rotatable bonds is 1. The number of aromatic nitrogens is 1. The number of nitrogens with zero attached hydrogens (tertiary/aromatic N) is 1. The highest BCUT2D eigenvalue weighted by molar-refractivity contribution is 14.1. The van der Waals surface area contributed by atoms with Crippen LogP contribution in [0.15, 0.2) is 77.7 Å². The lowest BCUT2D eigenvalue weighted by Crippen LogP contribution is -2.07. The summed E-state index contributed by atoms with van der Waals surface area (Å²) >= 11 is 2.35. The fourth-order valence-electron chi connectivity index (χ4n) is 2.80. The Kier molecular flexibility index (Phi) is 3.22. The van der Waals surface area contributed by atoms with Gasteiger partial charge in [-0.1, -0.05) is 36.4 Å². The van der Waals surface area contributed by atoms with Crippen LogP contribution in [0.5, 0.6) is 0 Å². The number of halogens is 1. The second-order valence-corrected chi connectivity index (χ2v) is 6.38. The predicted molar refractivity (Wildman–Crippen MR) is 99.8 cm³/mol. The van der Waals surface area contributed by atoms with Crippen LogP contribution in [0.4, 0.5) is 0 Å². The minimum atomic E-state index is 0.0580. The average Bonchev–Trinajstić information content (AvgIpc) is 2.55. The molecule has 0 N–H and O–H groups in total. The first-order chi connectivity index (χ1) is 10.7. The van der Waals surface area contributed by atoms with Crippen LogP contribution >= 0.6 is 22.6 Å². The molecule has 0 fully saturated rings. The molecule has 0 aliphatic rings. The van der Waals surface area contributed by atoms with Crippen molar-refractivity contribution in [1.29, 1.82) is 0 Å². The van der Waals surface area contributed by atoms with Gasteiger partial charge in [0.25, 0.3) is 0 Å². The molecule has 3 aromatic carbocycles. The van der Waals surface area contributed by atoms with Gasteiger partial charge in [0.05, 0.1) is 11.2 Å². The first kappa shape index (κ1) is 13.5. The zero-order chi connectivity index (χ0) is 15.1. The van der Waals surface area contributed by atoms with E-state index in [-0.39, 0.29) is 5.43 Å². The van der Waals surface area contributed by atoms with Crippen molar-refractivity contribution in [1.82, 2.24) is 4.57 Å². The van der Waals surface area contributed by atoms with E-state index in [0.29, 0.717) is 0 Å². The third kappa shape index (κ3) is 2.13. The maximum Gasteiger partial charge on any atom is 0.189 e. The second kappa shape index (κ2) is 5.25. The van der Waals surface area contributed by atoms with Crippen LogP contribution in [0.2, 0.25) is 0 Å². The summed E-state index contributed by atoms with van der Waals surface area (Å²) in [5.41, 5.74) is 2.08. The molecule has 0 spiro atoms. The number of hydrogen-bond donors (Lipinski definition) is 0. The zero-order valence-electron chi connectivity index (χ0n) is 11.7. The summed E-state index contributed by atoms with van der Waals surface area (Å²) in [5, 5.41) is 3.16. The Morgan fingerprint density at radius 2 is 1.50 bits per heavy atom. The monoisotopic (exact) mass is 397 g/mol. The molecular weight excluding hydrogens is 385 g/mol. The van der Waals surface area contributed by atoms with Crippen molar-refractivity contribution in [3.63, 3.8) is 0 Å². The maximum absolute atomic E-state index is 12.0. The lowest BCUT2D eigenvalue weighted by molar-refractivity contribution is 1.09. The van der Waals surface area contributed by atoms with Gasteiger partial charge in [-0.2, -0.15) is 0 Å². The van der Waals surface area contributed by atoms with E-state index in [9.17, 15) is 4.79 Å². The maximum atomic E-state index is 12.0. The van der Waals surface area contributed by atoms with Crippen molar-refractivity contribution in [2.45, 2.75) is 0 Å². The van der Waals surface area contributed by atoms with Gasteiger partial charge in [-0.15, -0.1) is 0 Å². The molecule has 2 nitrogen and oxygen atoms in total. The number of hydrogen-bond acceptors (Lipinski definition) is 1. The molecular formula is C19H12INO. The molecule has 1 heterocycles. The van der Waals surface area contributed by atoms with Crippen molar-refractivity contribution in [3.05, 3.63) is 86.7 Å². The average molecular weight is 397 g/mol. The summed E-state index contributed by atoms with van der Waals surface area (Å²) in [6, 6.07) is 22.0. The molecule has 0 aliphatic carbocycles. The van der Waals surface area contributed by atoms with Gasteiger partial charge < -0.3 is 4.57 Å². The van der Waals surface area contributed by atoms with Gasteiger partial charge in [0.2, 0.25) is 0 Å². The molecule has 0 bridgehead atoms. The Bertz CT molecular complexity index is 1070. The van der Waals surface area contributed by atoms with E-state index in [4.69, 9.17) is 0 Å². The summed E-state index contributed by atoms with van der Waals surface area (Å²) in [5.74, 6) is 0. The van der Waals surface area contributed by atoms with Crippen LogP contribution in [0.1, 0.15) is 0 Å². The third-order valence-corrected chi connectivity index (χ3v) is 4.74. The normalized spacial score (nSPS) is 11.1. The highest BCUT2D eigenvalue weighted by Gasteiger charge is 2.08. The molecule has 0 amide bonds. The van der Waals surface area contributed by atoms with Crippen molar-refractivity contribution in [3.8, 4) is 5.69 Å². The fraction of sp³-hybridized carbons (Fsp3) is 0. The van der Waals surface area contributed by atoms with Crippen LogP contribution in [0.3, 0.4) is 0 Å². The van der Waals surface area contributed by atoms with E-state index in [2.05, 4.69) is 51.4 Å². The Labute approximate surface area is 141 Å². The minimum absolute atomic E-state index is 0.0580. The number of para-hydroxylation sites is 1. The van der Waals surface area contributed by atoms with E-state index in [1.807, 2.05) is 42.6 Å². The molecule has 0 saturated carbocycles. The summed E-state index contributed by atoms with van der Waals surface area (Å²) in [6.07, 6.45) is 1.86. The lowest BCUT2D eigenvalue weighted by atomic mass is 10.1. The van der Waals surface area contributed by atoms with Crippen LogP contribution in [-0.4, -0.2) is 4.57 Å². The summed E-state index contributed by atoms with van der Waals surface area (Å²) < 4.78 is 3.25. The van der Waals surface area contributed by atoms with Crippen LogP contribution in [0.25, 0.3) is 27.4 Å². The molecule has 4 aromatic rings. The van der Waals surface area contributed by atoms with Gasteiger partial charge in [0.1, 0.15) is 0 Å². The SMILES string of the molecule is O=c1ccn(-c2cc3ccccc3cc2I)c2ccccc12. The molecule has 106 valence electrons. The number of pyridine rings is 1. The first-order valence-electron chi connectivity index (χ1n) is 7.03. The van der Waals surface area contributed by atoms with Crippen LogP contribution in [0, 0.1) is 3.57 Å². The predicted octanol–water partition coefficient (Wildman–Crippen LogP) is 4.75. The molecule has 22 heavy (non-hydrogen) atoms. The molecule has 0 atom stereocenters. The Balaban J connectivity index is 2.09. The van der Waals surface area contributed by atoms with E-state index < -0.39 is 0 Å². The minimum Gasteiger partial charge on any atom is -0.315 e. The molecule has 4 rings (SSSR count). The van der Waals surface area contributed by atoms with Gasteiger partial charge in [0.15, 0.2) is 5.43 Å². The van der Waals surface area contributed by atoms with Crippen molar-refractivity contribution in [2.24, 2.45) is 0 Å². The standard InChI is InChI=1S/C19H12INO/c20-16-11-13-5-1-2-6-14(13)12-18(16)21-10-9-19(22)15-7-3-4-8-17(15)21/h1-12H. The molecule has 0 unspecified atom stereocenters. The van der Waals surface area contributed by atoms with Crippen molar-refractivity contribution >= 4 is 44.3 Å². The largest absolute Gasteiger partial charge is 0.315 e. The third-order valence-electron chi connectivity index (χ3n) is 3.88. The van der Waals surface area contributed by atoms with E-state index in [1.165, 1.54) is 10.8 Å². The number of benzene rings is 3. The number of fused-ring (bicyclic) bond motifs is 2. The van der Waals surface area contributed by atoms with E-state index in [0.717, 1.165) is 20.2 Å². The van der Waals surface area contributed by atoms with Crippen LogP contribution < -0.4 is 5.43 Å². The van der Waals surface area contributed by atoms with Gasteiger partial charge in [-0.25, -0.2) is 0 Å². The Morgan fingerprint density at radius 1 is 0.818 bits per heavy atom. The highest BCUT2D eigenvalue weighted by Crippen LogP contribution is 2.26. The van der Waals surface area contributed by atoms with Crippen LogP contribution in [-0.2, 0) is 0 Å². The van der Waals surface area contributed by atoms with Crippen molar-refractivity contribution in [2.75, 3.05) is 0 Å². The molecule has 3 heteroatoms. The van der Waals surface area contributed by atoms with E-state index in [1.54, 1.807) is 6.07 Å². The summed E-state index contributed by atoms with van der Waals surface area (Å²) in [6.45, 7) is 0.